The van der Waals surface area contributed by atoms with Crippen LogP contribution in [0, 0.1) is 24.6 Å². The number of carbonyl (C=O) groups is 2. The van der Waals surface area contributed by atoms with Gasteiger partial charge in [0.15, 0.2) is 0 Å². The van der Waals surface area contributed by atoms with Crippen molar-refractivity contribution in [2.45, 2.75) is 13.8 Å². The van der Waals surface area contributed by atoms with Gasteiger partial charge in [0.1, 0.15) is 5.82 Å². The van der Waals surface area contributed by atoms with Crippen molar-refractivity contribution >= 4 is 11.9 Å². The van der Waals surface area contributed by atoms with Crippen LogP contribution < -0.4 is 0 Å². The van der Waals surface area contributed by atoms with Crippen LogP contribution in [0.2, 0.25) is 0 Å². The standard InChI is InChI=1S/C15H18FNO3/c1-9-4-11(6-12(16)5-9)14(18)17-7-10(2)13(8-17)15(19)20-3/h4-6,10,13H,7-8H2,1-3H3. The number of aryl methyl sites for hydroxylation is 1. The lowest BCUT2D eigenvalue weighted by molar-refractivity contribution is -0.146. The van der Waals surface area contributed by atoms with E-state index in [1.54, 1.807) is 17.9 Å². The zero-order chi connectivity index (χ0) is 14.9. The number of ether oxygens (including phenoxy) is 1. The number of methoxy groups -OCH3 is 1. The Bertz CT molecular complexity index is 524. The maximum atomic E-state index is 13.4. The molecular formula is C15H18FNO3. The quantitative estimate of drug-likeness (QED) is 0.778. The Hall–Kier alpha value is -1.91. The summed E-state index contributed by atoms with van der Waals surface area (Å²) in [7, 11) is 1.34. The number of benzene rings is 1. The molecule has 2 rings (SSSR count). The predicted molar refractivity (Wildman–Crippen MR) is 71.7 cm³/mol. The van der Waals surface area contributed by atoms with E-state index in [9.17, 15) is 14.0 Å². The predicted octanol–water partition coefficient (Wildman–Crippen LogP) is 2.02. The minimum atomic E-state index is -0.426. The average Bonchev–Trinajstić information content (AvgIpc) is 2.78. The molecule has 1 aromatic carbocycles. The summed E-state index contributed by atoms with van der Waals surface area (Å²) >= 11 is 0. The number of esters is 1. The molecular weight excluding hydrogens is 261 g/mol. The van der Waals surface area contributed by atoms with E-state index in [0.717, 1.165) is 0 Å². The molecule has 1 heterocycles. The molecule has 5 heteroatoms. The summed E-state index contributed by atoms with van der Waals surface area (Å²) in [5.74, 6) is -1.24. The Morgan fingerprint density at radius 2 is 2.00 bits per heavy atom. The molecule has 1 aromatic rings. The van der Waals surface area contributed by atoms with Crippen LogP contribution in [0.4, 0.5) is 4.39 Å². The number of hydrogen-bond acceptors (Lipinski definition) is 3. The molecule has 0 N–H and O–H groups in total. The second kappa shape index (κ2) is 5.61. The molecule has 0 radical (unpaired) electrons. The molecule has 1 amide bonds. The number of nitrogens with zero attached hydrogens (tertiary/aromatic N) is 1. The Labute approximate surface area is 117 Å². The summed E-state index contributed by atoms with van der Waals surface area (Å²) in [6.07, 6.45) is 0. The highest BCUT2D eigenvalue weighted by Gasteiger charge is 2.37. The maximum Gasteiger partial charge on any atom is 0.310 e. The molecule has 20 heavy (non-hydrogen) atoms. The van der Waals surface area contributed by atoms with Crippen molar-refractivity contribution in [3.8, 4) is 0 Å². The molecule has 1 aliphatic heterocycles. The Morgan fingerprint density at radius 3 is 2.60 bits per heavy atom. The molecule has 1 aliphatic rings. The molecule has 4 nitrogen and oxygen atoms in total. The SMILES string of the molecule is COC(=O)C1CN(C(=O)c2cc(C)cc(F)c2)CC1C. The van der Waals surface area contributed by atoms with Gasteiger partial charge in [-0.15, -0.1) is 0 Å². The van der Waals surface area contributed by atoms with Gasteiger partial charge in [-0.1, -0.05) is 6.92 Å². The van der Waals surface area contributed by atoms with Gasteiger partial charge in [-0.3, -0.25) is 9.59 Å². The fraction of sp³-hybridized carbons (Fsp3) is 0.467. The van der Waals surface area contributed by atoms with Crippen LogP contribution in [0.1, 0.15) is 22.8 Å². The molecule has 1 saturated heterocycles. The fourth-order valence-electron chi connectivity index (χ4n) is 2.63. The van der Waals surface area contributed by atoms with Crippen LogP contribution in [0.5, 0.6) is 0 Å². The van der Waals surface area contributed by atoms with E-state index in [-0.39, 0.29) is 23.7 Å². The summed E-state index contributed by atoms with van der Waals surface area (Å²) < 4.78 is 18.1. The molecule has 1 fully saturated rings. The highest BCUT2D eigenvalue weighted by molar-refractivity contribution is 5.95. The van der Waals surface area contributed by atoms with E-state index >= 15 is 0 Å². The topological polar surface area (TPSA) is 46.6 Å². The fourth-order valence-corrected chi connectivity index (χ4v) is 2.63. The van der Waals surface area contributed by atoms with Crippen LogP contribution >= 0.6 is 0 Å². The summed E-state index contributed by atoms with van der Waals surface area (Å²) in [4.78, 5) is 25.6. The molecule has 0 saturated carbocycles. The van der Waals surface area contributed by atoms with Crippen molar-refractivity contribution in [1.82, 2.24) is 4.90 Å². The molecule has 0 spiro atoms. The molecule has 0 bridgehead atoms. The third-order valence-electron chi connectivity index (χ3n) is 3.69. The van der Waals surface area contributed by atoms with E-state index in [1.165, 1.54) is 19.2 Å². The van der Waals surface area contributed by atoms with Gasteiger partial charge in [0.2, 0.25) is 0 Å². The lowest BCUT2D eigenvalue weighted by Gasteiger charge is -2.16. The zero-order valence-corrected chi connectivity index (χ0v) is 11.9. The van der Waals surface area contributed by atoms with Crippen LogP contribution in [-0.2, 0) is 9.53 Å². The minimum absolute atomic E-state index is 0.0426. The summed E-state index contributed by atoms with van der Waals surface area (Å²) in [5.41, 5.74) is 1.02. The van der Waals surface area contributed by atoms with Gasteiger partial charge in [0, 0.05) is 18.7 Å². The highest BCUT2D eigenvalue weighted by Crippen LogP contribution is 2.25. The van der Waals surface area contributed by atoms with Crippen LogP contribution in [0.15, 0.2) is 18.2 Å². The smallest absolute Gasteiger partial charge is 0.310 e. The van der Waals surface area contributed by atoms with Crippen molar-refractivity contribution in [3.05, 3.63) is 35.1 Å². The first kappa shape index (κ1) is 14.5. The van der Waals surface area contributed by atoms with Gasteiger partial charge in [-0.05, 0) is 36.6 Å². The van der Waals surface area contributed by atoms with Gasteiger partial charge in [0.05, 0.1) is 13.0 Å². The highest BCUT2D eigenvalue weighted by atomic mass is 19.1. The van der Waals surface area contributed by atoms with E-state index in [0.29, 0.717) is 24.2 Å². The second-order valence-corrected chi connectivity index (χ2v) is 5.33. The number of amides is 1. The van der Waals surface area contributed by atoms with Gasteiger partial charge in [-0.25, -0.2) is 4.39 Å². The Morgan fingerprint density at radius 1 is 1.30 bits per heavy atom. The molecule has 0 aliphatic carbocycles. The minimum Gasteiger partial charge on any atom is -0.469 e. The van der Waals surface area contributed by atoms with E-state index in [4.69, 9.17) is 4.74 Å². The molecule has 108 valence electrons. The van der Waals surface area contributed by atoms with Crippen molar-refractivity contribution < 1.29 is 18.7 Å². The third kappa shape index (κ3) is 2.81. The van der Waals surface area contributed by atoms with Gasteiger partial charge < -0.3 is 9.64 Å². The van der Waals surface area contributed by atoms with Crippen molar-refractivity contribution in [1.29, 1.82) is 0 Å². The second-order valence-electron chi connectivity index (χ2n) is 5.33. The first-order valence-corrected chi connectivity index (χ1v) is 6.56. The average molecular weight is 279 g/mol. The number of carbonyl (C=O) groups excluding carboxylic acids is 2. The van der Waals surface area contributed by atoms with E-state index in [1.807, 2.05) is 6.92 Å². The Balaban J connectivity index is 2.16. The lowest BCUT2D eigenvalue weighted by atomic mass is 9.99. The molecule has 2 atom stereocenters. The van der Waals surface area contributed by atoms with Crippen LogP contribution in [0.25, 0.3) is 0 Å². The van der Waals surface area contributed by atoms with Gasteiger partial charge >= 0.3 is 5.97 Å². The van der Waals surface area contributed by atoms with Gasteiger partial charge in [-0.2, -0.15) is 0 Å². The number of rotatable bonds is 2. The monoisotopic (exact) mass is 279 g/mol. The number of halogens is 1. The largest absolute Gasteiger partial charge is 0.469 e. The summed E-state index contributed by atoms with van der Waals surface area (Å²) in [5, 5.41) is 0. The third-order valence-corrected chi connectivity index (χ3v) is 3.69. The van der Waals surface area contributed by atoms with Crippen molar-refractivity contribution in [3.63, 3.8) is 0 Å². The normalized spacial score (nSPS) is 21.9. The first-order chi connectivity index (χ1) is 9.42. The molecule has 2 unspecified atom stereocenters. The van der Waals surface area contributed by atoms with Crippen LogP contribution in [0.3, 0.4) is 0 Å². The summed E-state index contributed by atoms with van der Waals surface area (Å²) in [6.45, 7) is 4.45. The van der Waals surface area contributed by atoms with Crippen molar-refractivity contribution in [2.24, 2.45) is 11.8 Å². The van der Waals surface area contributed by atoms with Crippen molar-refractivity contribution in [2.75, 3.05) is 20.2 Å². The first-order valence-electron chi connectivity index (χ1n) is 6.56. The number of likely N-dealkylation sites (tertiary alicyclic amines) is 1. The van der Waals surface area contributed by atoms with Crippen LogP contribution in [-0.4, -0.2) is 37.0 Å². The van der Waals surface area contributed by atoms with Gasteiger partial charge in [0.25, 0.3) is 5.91 Å². The number of hydrogen-bond donors (Lipinski definition) is 0. The summed E-state index contributed by atoms with van der Waals surface area (Å²) in [6, 6.07) is 4.26. The molecule has 0 aromatic heterocycles. The van der Waals surface area contributed by atoms with E-state index < -0.39 is 5.82 Å². The van der Waals surface area contributed by atoms with E-state index in [2.05, 4.69) is 0 Å². The maximum absolute atomic E-state index is 13.4. The zero-order valence-electron chi connectivity index (χ0n) is 11.9. The Kier molecular flexibility index (Phi) is 4.06. The lowest BCUT2D eigenvalue weighted by Crippen LogP contribution is -2.30.